The summed E-state index contributed by atoms with van der Waals surface area (Å²) in [6.07, 6.45) is 2.25. The van der Waals surface area contributed by atoms with Crippen molar-refractivity contribution in [3.63, 3.8) is 0 Å². The number of fused-ring (bicyclic) bond motifs is 1. The first kappa shape index (κ1) is 13.5. The van der Waals surface area contributed by atoms with Crippen LogP contribution in [0.15, 0.2) is 23.7 Å². The molecule has 0 saturated heterocycles. The van der Waals surface area contributed by atoms with Gasteiger partial charge in [0.25, 0.3) is 0 Å². The monoisotopic (exact) mass is 264 g/mol. The number of hydrogen-bond donors (Lipinski definition) is 1. The van der Waals surface area contributed by atoms with Gasteiger partial charge in [0.2, 0.25) is 0 Å². The molecule has 0 aliphatic carbocycles. The molecule has 0 amide bonds. The molecule has 0 aliphatic heterocycles. The lowest BCUT2D eigenvalue weighted by atomic mass is 10.1. The largest absolute Gasteiger partial charge is 0.377 e. The Hall–Kier alpha value is -0.970. The highest BCUT2D eigenvalue weighted by Gasteiger charge is 2.06. The van der Waals surface area contributed by atoms with E-state index in [-0.39, 0.29) is 0 Å². The predicted molar refractivity (Wildman–Crippen MR) is 77.1 cm³/mol. The Kier molecular flexibility index (Phi) is 4.69. The molecular weight excluding hydrogens is 244 g/mol. The average molecular weight is 264 g/mol. The molecule has 0 saturated carbocycles. The fourth-order valence-electron chi connectivity index (χ4n) is 1.79. The zero-order chi connectivity index (χ0) is 13.0. The van der Waals surface area contributed by atoms with Crippen LogP contribution in [0.4, 0.5) is 0 Å². The van der Waals surface area contributed by atoms with Gasteiger partial charge in [0.15, 0.2) is 0 Å². The number of thiophene rings is 1. The molecule has 2 rings (SSSR count). The fourth-order valence-corrected chi connectivity index (χ4v) is 2.58. The molecule has 2 aromatic rings. The van der Waals surface area contributed by atoms with Crippen molar-refractivity contribution in [2.24, 2.45) is 0 Å². The topological polar surface area (TPSA) is 34.1 Å². The number of ether oxygens (including phenoxy) is 1. The summed E-state index contributed by atoms with van der Waals surface area (Å²) in [7, 11) is 0. The molecule has 0 radical (unpaired) electrons. The first-order chi connectivity index (χ1) is 8.66. The fraction of sp³-hybridized carbons (Fsp3) is 0.500. The molecule has 18 heavy (non-hydrogen) atoms. The number of pyridine rings is 1. The minimum Gasteiger partial charge on any atom is -0.377 e. The average Bonchev–Trinajstić information content (AvgIpc) is 2.81. The number of hydrogen-bond acceptors (Lipinski definition) is 4. The second-order valence-corrected chi connectivity index (χ2v) is 5.62. The van der Waals surface area contributed by atoms with E-state index in [1.165, 1.54) is 10.3 Å². The summed E-state index contributed by atoms with van der Waals surface area (Å²) in [5.74, 6) is 0. The summed E-state index contributed by atoms with van der Waals surface area (Å²) in [6, 6.07) is 4.58. The molecule has 0 aromatic carbocycles. The normalized spacial score (nSPS) is 13.3. The maximum atomic E-state index is 5.51. The Bertz CT molecular complexity index is 495. The van der Waals surface area contributed by atoms with E-state index in [1.807, 2.05) is 6.20 Å². The third kappa shape index (κ3) is 3.51. The molecule has 2 aromatic heterocycles. The van der Waals surface area contributed by atoms with Crippen LogP contribution in [0.5, 0.6) is 0 Å². The zero-order valence-corrected chi connectivity index (χ0v) is 12.0. The molecule has 2 heterocycles. The first-order valence-corrected chi connectivity index (χ1v) is 7.23. The SMILES string of the molecule is CC(C)OCCNC(C)c1cnc2ccsc2c1. The zero-order valence-electron chi connectivity index (χ0n) is 11.1. The van der Waals surface area contributed by atoms with Gasteiger partial charge in [-0.15, -0.1) is 11.3 Å². The van der Waals surface area contributed by atoms with Crippen molar-refractivity contribution in [2.75, 3.05) is 13.2 Å². The van der Waals surface area contributed by atoms with Gasteiger partial charge in [0.1, 0.15) is 0 Å². The van der Waals surface area contributed by atoms with E-state index in [2.05, 4.69) is 48.6 Å². The maximum absolute atomic E-state index is 5.51. The summed E-state index contributed by atoms with van der Waals surface area (Å²) in [6.45, 7) is 7.88. The summed E-state index contributed by atoms with van der Waals surface area (Å²) in [4.78, 5) is 4.46. The summed E-state index contributed by atoms with van der Waals surface area (Å²) in [5.41, 5.74) is 2.31. The molecule has 0 fully saturated rings. The first-order valence-electron chi connectivity index (χ1n) is 6.35. The highest BCUT2D eigenvalue weighted by molar-refractivity contribution is 7.17. The third-order valence-corrected chi connectivity index (χ3v) is 3.68. The summed E-state index contributed by atoms with van der Waals surface area (Å²) >= 11 is 1.74. The van der Waals surface area contributed by atoms with Gasteiger partial charge < -0.3 is 10.1 Å². The quantitative estimate of drug-likeness (QED) is 0.812. The minimum absolute atomic E-state index is 0.297. The van der Waals surface area contributed by atoms with Crippen molar-refractivity contribution in [1.82, 2.24) is 10.3 Å². The van der Waals surface area contributed by atoms with Crippen molar-refractivity contribution in [2.45, 2.75) is 32.9 Å². The molecule has 98 valence electrons. The lowest BCUT2D eigenvalue weighted by Gasteiger charge is -2.15. The molecular formula is C14H20N2OS. The van der Waals surface area contributed by atoms with Gasteiger partial charge in [-0.2, -0.15) is 0 Å². The van der Waals surface area contributed by atoms with Gasteiger partial charge in [-0.05, 0) is 43.8 Å². The molecule has 0 bridgehead atoms. The summed E-state index contributed by atoms with van der Waals surface area (Å²) in [5, 5.41) is 5.53. The van der Waals surface area contributed by atoms with E-state index in [1.54, 1.807) is 11.3 Å². The second kappa shape index (κ2) is 6.27. The number of rotatable bonds is 6. The van der Waals surface area contributed by atoms with Crippen LogP contribution in [0, 0.1) is 0 Å². The van der Waals surface area contributed by atoms with Crippen LogP contribution in [0.2, 0.25) is 0 Å². The van der Waals surface area contributed by atoms with E-state index in [9.17, 15) is 0 Å². The van der Waals surface area contributed by atoms with Gasteiger partial charge in [0, 0.05) is 18.8 Å². The predicted octanol–water partition coefficient (Wildman–Crippen LogP) is 3.37. The molecule has 1 unspecified atom stereocenters. The van der Waals surface area contributed by atoms with Crippen LogP contribution in [0.1, 0.15) is 32.4 Å². The van der Waals surface area contributed by atoms with Gasteiger partial charge in [-0.3, -0.25) is 4.98 Å². The molecule has 1 atom stereocenters. The molecule has 1 N–H and O–H groups in total. The standard InChI is InChI=1S/C14H20N2OS/c1-10(2)17-6-5-15-11(3)12-8-14-13(16-9-12)4-7-18-14/h4,7-11,15H,5-6H2,1-3H3. The number of nitrogens with one attached hydrogen (secondary N) is 1. The van der Waals surface area contributed by atoms with E-state index < -0.39 is 0 Å². The van der Waals surface area contributed by atoms with Crippen LogP contribution in [-0.4, -0.2) is 24.2 Å². The van der Waals surface area contributed by atoms with Gasteiger partial charge >= 0.3 is 0 Å². The van der Waals surface area contributed by atoms with Gasteiger partial charge in [-0.1, -0.05) is 0 Å². The second-order valence-electron chi connectivity index (χ2n) is 4.67. The van der Waals surface area contributed by atoms with E-state index in [0.29, 0.717) is 12.1 Å². The lowest BCUT2D eigenvalue weighted by Crippen LogP contribution is -2.24. The van der Waals surface area contributed by atoms with Crippen molar-refractivity contribution in [1.29, 1.82) is 0 Å². The summed E-state index contributed by atoms with van der Waals surface area (Å²) < 4.78 is 6.76. The smallest absolute Gasteiger partial charge is 0.0809 e. The van der Waals surface area contributed by atoms with Crippen molar-refractivity contribution in [3.05, 3.63) is 29.3 Å². The number of aromatic nitrogens is 1. The van der Waals surface area contributed by atoms with Crippen LogP contribution in [-0.2, 0) is 4.74 Å². The molecule has 4 heteroatoms. The van der Waals surface area contributed by atoms with E-state index in [4.69, 9.17) is 4.74 Å². The van der Waals surface area contributed by atoms with Crippen molar-refractivity contribution < 1.29 is 4.74 Å². The van der Waals surface area contributed by atoms with Gasteiger partial charge in [0.05, 0.1) is 22.9 Å². The van der Waals surface area contributed by atoms with Crippen molar-refractivity contribution >= 4 is 21.6 Å². The maximum Gasteiger partial charge on any atom is 0.0809 e. The lowest BCUT2D eigenvalue weighted by molar-refractivity contribution is 0.0796. The Balaban J connectivity index is 1.89. The van der Waals surface area contributed by atoms with E-state index in [0.717, 1.165) is 18.7 Å². The van der Waals surface area contributed by atoms with Crippen LogP contribution < -0.4 is 5.32 Å². The van der Waals surface area contributed by atoms with Crippen LogP contribution in [0.3, 0.4) is 0 Å². The highest BCUT2D eigenvalue weighted by Crippen LogP contribution is 2.22. The van der Waals surface area contributed by atoms with Crippen molar-refractivity contribution in [3.8, 4) is 0 Å². The van der Waals surface area contributed by atoms with Gasteiger partial charge in [-0.25, -0.2) is 0 Å². The highest BCUT2D eigenvalue weighted by atomic mass is 32.1. The Morgan fingerprint density at radius 2 is 2.22 bits per heavy atom. The third-order valence-electron chi connectivity index (χ3n) is 2.83. The Morgan fingerprint density at radius 3 is 3.00 bits per heavy atom. The van der Waals surface area contributed by atoms with Crippen LogP contribution >= 0.6 is 11.3 Å². The van der Waals surface area contributed by atoms with E-state index >= 15 is 0 Å². The van der Waals surface area contributed by atoms with Crippen LogP contribution in [0.25, 0.3) is 10.2 Å². The molecule has 3 nitrogen and oxygen atoms in total. The Morgan fingerprint density at radius 1 is 1.39 bits per heavy atom. The molecule has 0 spiro atoms. The Labute approximate surface area is 112 Å². The number of nitrogens with zero attached hydrogens (tertiary/aromatic N) is 1. The minimum atomic E-state index is 0.297. The molecule has 0 aliphatic rings.